The summed E-state index contributed by atoms with van der Waals surface area (Å²) in [6.07, 6.45) is 1.16. The Morgan fingerprint density at radius 2 is 2.10 bits per heavy atom. The lowest BCUT2D eigenvalue weighted by Crippen LogP contribution is -2.41. The Labute approximate surface area is 119 Å². The Morgan fingerprint density at radius 1 is 1.50 bits per heavy atom. The van der Waals surface area contributed by atoms with Crippen molar-refractivity contribution < 1.29 is 14.5 Å². The molecule has 0 aliphatic heterocycles. The van der Waals surface area contributed by atoms with Crippen LogP contribution in [0, 0.1) is 10.1 Å². The highest BCUT2D eigenvalue weighted by molar-refractivity contribution is 6.74. The van der Waals surface area contributed by atoms with Gasteiger partial charge in [-0.3, -0.25) is 0 Å². The second kappa shape index (κ2) is 6.02. The molecule has 0 spiro atoms. The summed E-state index contributed by atoms with van der Waals surface area (Å²) in [5, 5.41) is 20.2. The van der Waals surface area contributed by atoms with E-state index in [-0.39, 0.29) is 23.3 Å². The standard InChI is InChI=1S/C12H23N3O4Si/c1-12(2,3)20(4,5)19-7-6-14-10(9-16)13-8-11(14)15(17)18/h8,16H,6-7,9H2,1-5H3. The van der Waals surface area contributed by atoms with Crippen molar-refractivity contribution in [3.05, 3.63) is 22.1 Å². The van der Waals surface area contributed by atoms with Crippen LogP contribution in [-0.2, 0) is 17.6 Å². The molecule has 0 saturated heterocycles. The van der Waals surface area contributed by atoms with Crippen molar-refractivity contribution >= 4 is 14.1 Å². The SMILES string of the molecule is CC(C)(C)[Si](C)(C)OCCn1c([N+](=O)[O-])cnc1CO. The van der Waals surface area contributed by atoms with Crippen LogP contribution in [0.5, 0.6) is 0 Å². The molecule has 7 nitrogen and oxygen atoms in total. The molecule has 0 fully saturated rings. The molecule has 1 aromatic rings. The molecule has 114 valence electrons. The summed E-state index contributed by atoms with van der Waals surface area (Å²) in [5.41, 5.74) is 0. The molecular weight excluding hydrogens is 278 g/mol. The minimum Gasteiger partial charge on any atom is -0.413 e. The van der Waals surface area contributed by atoms with Crippen LogP contribution in [0.1, 0.15) is 26.6 Å². The van der Waals surface area contributed by atoms with Crippen LogP contribution in [0.4, 0.5) is 5.82 Å². The van der Waals surface area contributed by atoms with Gasteiger partial charge in [-0.1, -0.05) is 20.8 Å². The van der Waals surface area contributed by atoms with Crippen LogP contribution in [0.25, 0.3) is 0 Å². The molecule has 1 aromatic heterocycles. The predicted octanol–water partition coefficient (Wildman–Crippen LogP) is 2.31. The third-order valence-electron chi connectivity index (χ3n) is 3.83. The first-order chi connectivity index (χ1) is 9.10. The zero-order valence-corrected chi connectivity index (χ0v) is 13.7. The first kappa shape index (κ1) is 16.8. The van der Waals surface area contributed by atoms with E-state index in [0.29, 0.717) is 13.2 Å². The van der Waals surface area contributed by atoms with Crippen LogP contribution in [-0.4, -0.2) is 34.5 Å². The largest absolute Gasteiger partial charge is 0.413 e. The first-order valence-corrected chi connectivity index (χ1v) is 9.44. The highest BCUT2D eigenvalue weighted by Crippen LogP contribution is 2.36. The van der Waals surface area contributed by atoms with Crippen LogP contribution in [0.15, 0.2) is 6.20 Å². The van der Waals surface area contributed by atoms with Gasteiger partial charge in [-0.25, -0.2) is 9.55 Å². The smallest absolute Gasteiger partial charge is 0.343 e. The van der Waals surface area contributed by atoms with Gasteiger partial charge in [0.2, 0.25) is 5.82 Å². The molecule has 20 heavy (non-hydrogen) atoms. The molecule has 8 heteroatoms. The fourth-order valence-electron chi connectivity index (χ4n) is 1.53. The van der Waals surface area contributed by atoms with E-state index in [0.717, 1.165) is 6.20 Å². The van der Waals surface area contributed by atoms with Crippen molar-refractivity contribution in [1.82, 2.24) is 9.55 Å². The topological polar surface area (TPSA) is 90.4 Å². The van der Waals surface area contributed by atoms with E-state index in [2.05, 4.69) is 38.8 Å². The van der Waals surface area contributed by atoms with Gasteiger partial charge in [0.15, 0.2) is 8.32 Å². The minimum atomic E-state index is -1.88. The van der Waals surface area contributed by atoms with Gasteiger partial charge in [0.25, 0.3) is 0 Å². The van der Waals surface area contributed by atoms with Gasteiger partial charge < -0.3 is 19.6 Å². The Morgan fingerprint density at radius 3 is 2.55 bits per heavy atom. The highest BCUT2D eigenvalue weighted by atomic mass is 28.4. The second-order valence-electron chi connectivity index (χ2n) is 6.21. The van der Waals surface area contributed by atoms with Crippen molar-refractivity contribution in [2.24, 2.45) is 0 Å². The van der Waals surface area contributed by atoms with Crippen molar-refractivity contribution in [3.63, 3.8) is 0 Å². The van der Waals surface area contributed by atoms with Crippen LogP contribution in [0.3, 0.4) is 0 Å². The Balaban J connectivity index is 2.76. The third kappa shape index (κ3) is 3.65. The Kier molecular flexibility index (Phi) is 5.06. The van der Waals surface area contributed by atoms with Crippen molar-refractivity contribution in [1.29, 1.82) is 0 Å². The monoisotopic (exact) mass is 301 g/mol. The summed E-state index contributed by atoms with van der Waals surface area (Å²) in [7, 11) is -1.88. The van der Waals surface area contributed by atoms with Crippen LogP contribution in [0.2, 0.25) is 18.1 Å². The maximum absolute atomic E-state index is 10.9. The number of nitrogens with zero attached hydrogens (tertiary/aromatic N) is 3. The number of hydrogen-bond acceptors (Lipinski definition) is 5. The Hall–Kier alpha value is -1.25. The summed E-state index contributed by atoms with van der Waals surface area (Å²) in [5.74, 6) is 0.170. The molecule has 0 saturated carbocycles. The molecule has 1 N–H and O–H groups in total. The molecule has 0 radical (unpaired) electrons. The average Bonchev–Trinajstić information content (AvgIpc) is 2.70. The zero-order valence-electron chi connectivity index (χ0n) is 12.7. The number of nitro groups is 1. The van der Waals surface area contributed by atoms with Crippen molar-refractivity contribution in [3.8, 4) is 0 Å². The van der Waals surface area contributed by atoms with Crippen LogP contribution < -0.4 is 0 Å². The third-order valence-corrected chi connectivity index (χ3v) is 8.37. The van der Waals surface area contributed by atoms with Gasteiger partial charge in [0, 0.05) is 0 Å². The molecule has 0 aliphatic rings. The Bertz CT molecular complexity index is 480. The van der Waals surface area contributed by atoms with E-state index >= 15 is 0 Å². The molecule has 1 heterocycles. The predicted molar refractivity (Wildman–Crippen MR) is 78.0 cm³/mol. The number of imidazole rings is 1. The van der Waals surface area contributed by atoms with Crippen molar-refractivity contribution in [2.75, 3.05) is 6.61 Å². The molecule has 0 amide bonds. The summed E-state index contributed by atoms with van der Waals surface area (Å²) >= 11 is 0. The summed E-state index contributed by atoms with van der Waals surface area (Å²) in [4.78, 5) is 14.2. The van der Waals surface area contributed by atoms with E-state index < -0.39 is 13.2 Å². The number of aliphatic hydroxyl groups excluding tert-OH is 1. The quantitative estimate of drug-likeness (QED) is 0.494. The summed E-state index contributed by atoms with van der Waals surface area (Å²) in [6, 6.07) is 0. The van der Waals surface area contributed by atoms with Gasteiger partial charge in [-0.15, -0.1) is 0 Å². The van der Waals surface area contributed by atoms with Gasteiger partial charge in [0.1, 0.15) is 19.3 Å². The molecule has 0 aromatic carbocycles. The lowest BCUT2D eigenvalue weighted by molar-refractivity contribution is -0.392. The normalized spacial score (nSPS) is 12.7. The fraction of sp³-hybridized carbons (Fsp3) is 0.750. The second-order valence-corrected chi connectivity index (χ2v) is 11.0. The van der Waals surface area contributed by atoms with E-state index in [1.54, 1.807) is 0 Å². The average molecular weight is 301 g/mol. The first-order valence-electron chi connectivity index (χ1n) is 6.54. The van der Waals surface area contributed by atoms with Gasteiger partial charge in [0.05, 0.1) is 6.61 Å². The number of aromatic nitrogens is 2. The maximum atomic E-state index is 10.9. The summed E-state index contributed by atoms with van der Waals surface area (Å²) in [6.45, 7) is 11.0. The number of rotatable bonds is 6. The molecule has 1 rings (SSSR count). The number of aliphatic hydroxyl groups is 1. The molecule has 0 atom stereocenters. The molecule has 0 unspecified atom stereocenters. The fourth-order valence-corrected chi connectivity index (χ4v) is 2.56. The van der Waals surface area contributed by atoms with Gasteiger partial charge in [-0.05, 0) is 23.1 Å². The molecule has 0 aliphatic carbocycles. The van der Waals surface area contributed by atoms with E-state index in [9.17, 15) is 10.1 Å². The van der Waals surface area contributed by atoms with Crippen molar-refractivity contribution in [2.45, 2.75) is 52.1 Å². The lowest BCUT2D eigenvalue weighted by Gasteiger charge is -2.35. The van der Waals surface area contributed by atoms with E-state index in [1.165, 1.54) is 4.57 Å². The number of hydrogen-bond donors (Lipinski definition) is 1. The highest BCUT2D eigenvalue weighted by Gasteiger charge is 2.37. The minimum absolute atomic E-state index is 0.0910. The summed E-state index contributed by atoms with van der Waals surface area (Å²) < 4.78 is 7.38. The van der Waals surface area contributed by atoms with Gasteiger partial charge >= 0.3 is 5.82 Å². The van der Waals surface area contributed by atoms with Gasteiger partial charge in [-0.2, -0.15) is 0 Å². The van der Waals surface area contributed by atoms with E-state index in [1.807, 2.05) is 0 Å². The van der Waals surface area contributed by atoms with E-state index in [4.69, 9.17) is 9.53 Å². The molecular formula is C12H23N3O4Si. The van der Waals surface area contributed by atoms with Crippen LogP contribution >= 0.6 is 0 Å². The lowest BCUT2D eigenvalue weighted by atomic mass is 10.2. The maximum Gasteiger partial charge on any atom is 0.343 e. The molecule has 0 bridgehead atoms. The zero-order chi connectivity index (χ0) is 15.6.